The van der Waals surface area contributed by atoms with E-state index in [4.69, 9.17) is 4.42 Å². The summed E-state index contributed by atoms with van der Waals surface area (Å²) in [4.78, 5) is 4.55. The van der Waals surface area contributed by atoms with Gasteiger partial charge in [0.2, 0.25) is 0 Å². The summed E-state index contributed by atoms with van der Waals surface area (Å²) in [5, 5.41) is 4.61. The van der Waals surface area contributed by atoms with Crippen LogP contribution in [0.25, 0.3) is 10.9 Å². The first kappa shape index (κ1) is 11.9. The second kappa shape index (κ2) is 5.24. The van der Waals surface area contributed by atoms with Gasteiger partial charge in [0.15, 0.2) is 0 Å². The first-order valence-electron chi connectivity index (χ1n) is 6.41. The number of hydrogen-bond donors (Lipinski definition) is 1. The number of fused-ring (bicyclic) bond motifs is 1. The van der Waals surface area contributed by atoms with Crippen LogP contribution >= 0.6 is 0 Å². The normalized spacial score (nSPS) is 11.0. The van der Waals surface area contributed by atoms with E-state index in [1.807, 2.05) is 25.1 Å². The molecule has 0 spiro atoms. The van der Waals surface area contributed by atoms with E-state index in [1.165, 1.54) is 10.9 Å². The maximum absolute atomic E-state index is 5.31. The standard InChI is InChI=1S/C16H16N2O/c1-12-9-13(10-17-11-14-5-4-8-19-14)15-6-2-3-7-16(15)18-12/h2-9,17H,10-11H2,1H3. The van der Waals surface area contributed by atoms with Crippen LogP contribution in [0.15, 0.2) is 53.1 Å². The van der Waals surface area contributed by atoms with E-state index in [0.29, 0.717) is 0 Å². The third-order valence-electron chi connectivity index (χ3n) is 3.12. The van der Waals surface area contributed by atoms with Crippen molar-refractivity contribution in [3.8, 4) is 0 Å². The van der Waals surface area contributed by atoms with E-state index in [9.17, 15) is 0 Å². The largest absolute Gasteiger partial charge is 0.468 e. The van der Waals surface area contributed by atoms with Crippen molar-refractivity contribution in [2.24, 2.45) is 0 Å². The van der Waals surface area contributed by atoms with Crippen molar-refractivity contribution >= 4 is 10.9 Å². The summed E-state index contributed by atoms with van der Waals surface area (Å²) in [7, 11) is 0. The highest BCUT2D eigenvalue weighted by atomic mass is 16.3. The summed E-state index contributed by atoms with van der Waals surface area (Å²) in [5.74, 6) is 0.954. The second-order valence-electron chi connectivity index (χ2n) is 4.62. The molecular weight excluding hydrogens is 236 g/mol. The molecule has 0 fully saturated rings. The van der Waals surface area contributed by atoms with Crippen molar-refractivity contribution in [3.05, 3.63) is 65.7 Å². The SMILES string of the molecule is Cc1cc(CNCc2ccco2)c2ccccc2n1. The molecule has 3 aromatic rings. The van der Waals surface area contributed by atoms with E-state index in [0.717, 1.165) is 30.1 Å². The zero-order valence-electron chi connectivity index (χ0n) is 10.9. The fraction of sp³-hybridized carbons (Fsp3) is 0.188. The van der Waals surface area contributed by atoms with Crippen LogP contribution in [-0.4, -0.2) is 4.98 Å². The Balaban J connectivity index is 1.80. The number of aryl methyl sites for hydroxylation is 1. The van der Waals surface area contributed by atoms with Gasteiger partial charge in [0.25, 0.3) is 0 Å². The third-order valence-corrected chi connectivity index (χ3v) is 3.12. The van der Waals surface area contributed by atoms with Crippen molar-refractivity contribution in [2.45, 2.75) is 20.0 Å². The predicted molar refractivity (Wildman–Crippen MR) is 75.7 cm³/mol. The molecule has 0 saturated carbocycles. The molecule has 19 heavy (non-hydrogen) atoms. The topological polar surface area (TPSA) is 38.1 Å². The van der Waals surface area contributed by atoms with Crippen molar-refractivity contribution in [1.82, 2.24) is 10.3 Å². The number of hydrogen-bond acceptors (Lipinski definition) is 3. The van der Waals surface area contributed by atoms with Gasteiger partial charge in [0.1, 0.15) is 5.76 Å². The zero-order chi connectivity index (χ0) is 13.1. The molecular formula is C16H16N2O. The van der Waals surface area contributed by atoms with Gasteiger partial charge >= 0.3 is 0 Å². The second-order valence-corrected chi connectivity index (χ2v) is 4.62. The molecule has 0 unspecified atom stereocenters. The fourth-order valence-electron chi connectivity index (χ4n) is 2.27. The van der Waals surface area contributed by atoms with Crippen LogP contribution in [0.3, 0.4) is 0 Å². The molecule has 0 aliphatic heterocycles. The molecule has 0 saturated heterocycles. The number of furan rings is 1. The van der Waals surface area contributed by atoms with Gasteiger partial charge in [-0.3, -0.25) is 4.98 Å². The molecule has 3 heteroatoms. The van der Waals surface area contributed by atoms with Gasteiger partial charge < -0.3 is 9.73 Å². The molecule has 0 aliphatic carbocycles. The average molecular weight is 252 g/mol. The lowest BCUT2D eigenvalue weighted by Crippen LogP contribution is -2.12. The smallest absolute Gasteiger partial charge is 0.117 e. The van der Waals surface area contributed by atoms with E-state index in [-0.39, 0.29) is 0 Å². The van der Waals surface area contributed by atoms with Gasteiger partial charge in [-0.05, 0) is 36.8 Å². The van der Waals surface area contributed by atoms with Crippen LogP contribution in [0.2, 0.25) is 0 Å². The van der Waals surface area contributed by atoms with Gasteiger partial charge in [0.05, 0.1) is 18.3 Å². The number of nitrogens with zero attached hydrogens (tertiary/aromatic N) is 1. The van der Waals surface area contributed by atoms with E-state index >= 15 is 0 Å². The molecule has 1 aromatic carbocycles. The van der Waals surface area contributed by atoms with Crippen LogP contribution in [0.5, 0.6) is 0 Å². The molecule has 0 atom stereocenters. The van der Waals surface area contributed by atoms with Gasteiger partial charge in [-0.2, -0.15) is 0 Å². The number of rotatable bonds is 4. The molecule has 0 amide bonds. The molecule has 0 radical (unpaired) electrons. The maximum Gasteiger partial charge on any atom is 0.117 e. The Kier molecular flexibility index (Phi) is 3.29. The first-order valence-corrected chi connectivity index (χ1v) is 6.41. The number of nitrogens with one attached hydrogen (secondary N) is 1. The number of benzene rings is 1. The minimum absolute atomic E-state index is 0.739. The molecule has 96 valence electrons. The Morgan fingerprint density at radius 3 is 2.84 bits per heavy atom. The molecule has 2 aromatic heterocycles. The van der Waals surface area contributed by atoms with Crippen LogP contribution in [0.1, 0.15) is 17.0 Å². The Hall–Kier alpha value is -2.13. The Morgan fingerprint density at radius 2 is 2.00 bits per heavy atom. The summed E-state index contributed by atoms with van der Waals surface area (Å²) in [5.41, 5.74) is 3.38. The number of aromatic nitrogens is 1. The van der Waals surface area contributed by atoms with Crippen molar-refractivity contribution in [1.29, 1.82) is 0 Å². The molecule has 3 rings (SSSR count). The summed E-state index contributed by atoms with van der Waals surface area (Å²) < 4.78 is 5.31. The summed E-state index contributed by atoms with van der Waals surface area (Å²) in [6, 6.07) is 14.3. The number of para-hydroxylation sites is 1. The van der Waals surface area contributed by atoms with Crippen LogP contribution in [0, 0.1) is 6.92 Å². The first-order chi connectivity index (χ1) is 9.33. The summed E-state index contributed by atoms with van der Waals surface area (Å²) in [6.07, 6.45) is 1.70. The van der Waals surface area contributed by atoms with Crippen molar-refractivity contribution in [2.75, 3.05) is 0 Å². The van der Waals surface area contributed by atoms with Gasteiger partial charge in [-0.25, -0.2) is 0 Å². The fourth-order valence-corrected chi connectivity index (χ4v) is 2.27. The Bertz CT molecular complexity index is 674. The highest BCUT2D eigenvalue weighted by Crippen LogP contribution is 2.18. The zero-order valence-corrected chi connectivity index (χ0v) is 10.9. The van der Waals surface area contributed by atoms with Crippen molar-refractivity contribution in [3.63, 3.8) is 0 Å². The monoisotopic (exact) mass is 252 g/mol. The molecule has 2 heterocycles. The van der Waals surface area contributed by atoms with Crippen molar-refractivity contribution < 1.29 is 4.42 Å². The van der Waals surface area contributed by atoms with Crippen LogP contribution < -0.4 is 5.32 Å². The van der Waals surface area contributed by atoms with Crippen LogP contribution in [-0.2, 0) is 13.1 Å². The minimum atomic E-state index is 0.739. The lowest BCUT2D eigenvalue weighted by Gasteiger charge is -2.08. The Labute approximate surface area is 112 Å². The maximum atomic E-state index is 5.31. The summed E-state index contributed by atoms with van der Waals surface area (Å²) in [6.45, 7) is 3.58. The highest BCUT2D eigenvalue weighted by Gasteiger charge is 2.03. The molecule has 0 aliphatic rings. The predicted octanol–water partition coefficient (Wildman–Crippen LogP) is 3.43. The van der Waals surface area contributed by atoms with E-state index in [1.54, 1.807) is 6.26 Å². The quantitative estimate of drug-likeness (QED) is 0.773. The summed E-state index contributed by atoms with van der Waals surface area (Å²) >= 11 is 0. The third kappa shape index (κ3) is 2.66. The van der Waals surface area contributed by atoms with Crippen LogP contribution in [0.4, 0.5) is 0 Å². The highest BCUT2D eigenvalue weighted by molar-refractivity contribution is 5.82. The van der Waals surface area contributed by atoms with E-state index in [2.05, 4.69) is 34.6 Å². The lowest BCUT2D eigenvalue weighted by atomic mass is 10.1. The Morgan fingerprint density at radius 1 is 1.11 bits per heavy atom. The molecule has 0 bridgehead atoms. The molecule has 1 N–H and O–H groups in total. The molecule has 3 nitrogen and oxygen atoms in total. The van der Waals surface area contributed by atoms with E-state index < -0.39 is 0 Å². The van der Waals surface area contributed by atoms with Gasteiger partial charge in [-0.15, -0.1) is 0 Å². The van der Waals surface area contributed by atoms with Gasteiger partial charge in [0, 0.05) is 17.6 Å². The number of pyridine rings is 1. The minimum Gasteiger partial charge on any atom is -0.468 e. The average Bonchev–Trinajstić information content (AvgIpc) is 2.91. The van der Waals surface area contributed by atoms with Gasteiger partial charge in [-0.1, -0.05) is 18.2 Å². The lowest BCUT2D eigenvalue weighted by molar-refractivity contribution is 0.483.